The fourth-order valence-corrected chi connectivity index (χ4v) is 0.982. The Balaban J connectivity index is 2.21. The van der Waals surface area contributed by atoms with Gasteiger partial charge in [0.15, 0.2) is 0 Å². The van der Waals surface area contributed by atoms with Crippen LogP contribution in [0.5, 0.6) is 0 Å². The van der Waals surface area contributed by atoms with E-state index in [1.807, 2.05) is 20.8 Å². The van der Waals surface area contributed by atoms with Crippen LogP contribution < -0.4 is 5.32 Å². The molecule has 0 bridgehead atoms. The lowest BCUT2D eigenvalue weighted by atomic mass is 10.2. The Morgan fingerprint density at radius 3 is 2.33 bits per heavy atom. The van der Waals surface area contributed by atoms with E-state index in [2.05, 4.69) is 12.2 Å². The van der Waals surface area contributed by atoms with Gasteiger partial charge in [0.1, 0.15) is 5.60 Å². The number of carbonyl (C=O) groups is 1. The minimum atomic E-state index is -0.387. The normalized spacial score (nSPS) is 28.0. The lowest BCUT2D eigenvalue weighted by molar-refractivity contribution is 0.0521. The maximum absolute atomic E-state index is 11.1. The van der Waals surface area contributed by atoms with Crippen LogP contribution in [0.3, 0.4) is 0 Å². The van der Waals surface area contributed by atoms with Crippen molar-refractivity contribution in [3.8, 4) is 0 Å². The van der Waals surface area contributed by atoms with Crippen LogP contribution in [0.2, 0.25) is 0 Å². The van der Waals surface area contributed by atoms with E-state index in [1.54, 1.807) is 0 Å². The largest absolute Gasteiger partial charge is 0.444 e. The van der Waals surface area contributed by atoms with Crippen LogP contribution in [0.15, 0.2) is 0 Å². The molecule has 1 saturated carbocycles. The van der Waals surface area contributed by atoms with Gasteiger partial charge in [-0.2, -0.15) is 0 Å². The van der Waals surface area contributed by atoms with Gasteiger partial charge >= 0.3 is 6.09 Å². The molecule has 1 N–H and O–H groups in total. The van der Waals surface area contributed by atoms with Crippen LogP contribution in [0.25, 0.3) is 0 Å². The van der Waals surface area contributed by atoms with Crippen LogP contribution in [0.4, 0.5) is 4.79 Å². The lowest BCUT2D eigenvalue weighted by Gasteiger charge is -2.19. The van der Waals surface area contributed by atoms with E-state index >= 15 is 0 Å². The SMILES string of the molecule is C[C@@H]1C[C@@H]1NC(=O)OC(C)(C)C. The maximum atomic E-state index is 11.1. The molecule has 0 radical (unpaired) electrons. The number of hydrogen-bond acceptors (Lipinski definition) is 2. The molecule has 1 aliphatic carbocycles. The highest BCUT2D eigenvalue weighted by atomic mass is 16.6. The molecule has 3 nitrogen and oxygen atoms in total. The molecule has 0 aromatic carbocycles. The van der Waals surface area contributed by atoms with Crippen molar-refractivity contribution in [3.63, 3.8) is 0 Å². The molecular formula is C9H17NO2. The monoisotopic (exact) mass is 171 g/mol. The van der Waals surface area contributed by atoms with Gasteiger partial charge in [-0.05, 0) is 33.1 Å². The van der Waals surface area contributed by atoms with Crippen LogP contribution >= 0.6 is 0 Å². The van der Waals surface area contributed by atoms with Crippen molar-refractivity contribution in [1.29, 1.82) is 0 Å². The smallest absolute Gasteiger partial charge is 0.407 e. The first-order chi connectivity index (χ1) is 5.38. The number of ether oxygens (including phenoxy) is 1. The van der Waals surface area contributed by atoms with Crippen molar-refractivity contribution in [1.82, 2.24) is 5.32 Å². The molecule has 0 aliphatic heterocycles. The van der Waals surface area contributed by atoms with E-state index in [0.29, 0.717) is 12.0 Å². The molecule has 12 heavy (non-hydrogen) atoms. The summed E-state index contributed by atoms with van der Waals surface area (Å²) < 4.78 is 5.09. The molecule has 0 aromatic rings. The second-order valence-electron chi connectivity index (χ2n) is 4.47. The second kappa shape index (κ2) is 2.96. The Hall–Kier alpha value is -0.730. The van der Waals surface area contributed by atoms with E-state index in [1.165, 1.54) is 0 Å². The first-order valence-corrected chi connectivity index (χ1v) is 4.38. The molecule has 1 amide bonds. The summed E-state index contributed by atoms with van der Waals surface area (Å²) >= 11 is 0. The first-order valence-electron chi connectivity index (χ1n) is 4.38. The third-order valence-electron chi connectivity index (χ3n) is 1.81. The third kappa shape index (κ3) is 3.11. The van der Waals surface area contributed by atoms with Crippen molar-refractivity contribution >= 4 is 6.09 Å². The Kier molecular flexibility index (Phi) is 2.31. The molecule has 0 heterocycles. The van der Waals surface area contributed by atoms with Gasteiger partial charge in [-0.15, -0.1) is 0 Å². The molecule has 1 rings (SSSR count). The molecule has 1 aliphatic rings. The molecule has 0 saturated heterocycles. The minimum Gasteiger partial charge on any atom is -0.444 e. The summed E-state index contributed by atoms with van der Waals surface area (Å²) in [6.07, 6.45) is 0.788. The topological polar surface area (TPSA) is 38.3 Å². The van der Waals surface area contributed by atoms with E-state index in [0.717, 1.165) is 6.42 Å². The standard InChI is InChI=1S/C9H17NO2/c1-6-5-7(6)10-8(11)12-9(2,3)4/h6-7H,5H2,1-4H3,(H,10,11)/t6-,7+/m1/s1. The Morgan fingerprint density at radius 1 is 1.50 bits per heavy atom. The zero-order valence-electron chi connectivity index (χ0n) is 8.18. The number of amides is 1. The number of rotatable bonds is 1. The Bertz CT molecular complexity index is 183. The van der Waals surface area contributed by atoms with Crippen molar-refractivity contribution in [3.05, 3.63) is 0 Å². The van der Waals surface area contributed by atoms with Crippen LogP contribution in [0, 0.1) is 5.92 Å². The summed E-state index contributed by atoms with van der Waals surface area (Å²) in [5.41, 5.74) is -0.387. The molecule has 3 heteroatoms. The summed E-state index contributed by atoms with van der Waals surface area (Å²) in [5, 5.41) is 2.80. The summed E-state index contributed by atoms with van der Waals surface area (Å²) in [5.74, 6) is 0.623. The molecule has 70 valence electrons. The van der Waals surface area contributed by atoms with Crippen LogP contribution in [-0.4, -0.2) is 17.7 Å². The van der Waals surface area contributed by atoms with E-state index in [9.17, 15) is 4.79 Å². The van der Waals surface area contributed by atoms with E-state index in [4.69, 9.17) is 4.74 Å². The maximum Gasteiger partial charge on any atom is 0.407 e. The Morgan fingerprint density at radius 2 is 2.00 bits per heavy atom. The first kappa shape index (κ1) is 9.36. The predicted molar refractivity (Wildman–Crippen MR) is 46.9 cm³/mol. The Labute approximate surface area is 73.5 Å². The van der Waals surface area contributed by atoms with Gasteiger partial charge in [0.25, 0.3) is 0 Å². The number of hydrogen-bond donors (Lipinski definition) is 1. The summed E-state index contributed by atoms with van der Waals surface area (Å²) in [7, 11) is 0. The number of carbonyl (C=O) groups excluding carboxylic acids is 1. The predicted octanol–water partition coefficient (Wildman–Crippen LogP) is 1.92. The lowest BCUT2D eigenvalue weighted by Crippen LogP contribution is -2.34. The van der Waals surface area contributed by atoms with Gasteiger partial charge in [0.2, 0.25) is 0 Å². The minimum absolute atomic E-state index is 0.295. The van der Waals surface area contributed by atoms with Gasteiger partial charge < -0.3 is 10.1 Å². The average Bonchev–Trinajstić information content (AvgIpc) is 2.40. The average molecular weight is 171 g/mol. The second-order valence-corrected chi connectivity index (χ2v) is 4.47. The highest BCUT2D eigenvalue weighted by Gasteiger charge is 2.34. The van der Waals surface area contributed by atoms with Gasteiger partial charge in [-0.1, -0.05) is 6.92 Å². The van der Waals surface area contributed by atoms with Crippen molar-refractivity contribution < 1.29 is 9.53 Å². The van der Waals surface area contributed by atoms with Gasteiger partial charge in [-0.25, -0.2) is 4.79 Å². The fraction of sp³-hybridized carbons (Fsp3) is 0.889. The van der Waals surface area contributed by atoms with Crippen molar-refractivity contribution in [2.75, 3.05) is 0 Å². The van der Waals surface area contributed by atoms with Gasteiger partial charge in [0.05, 0.1) is 0 Å². The summed E-state index contributed by atoms with van der Waals surface area (Å²) in [6.45, 7) is 7.71. The molecule has 2 atom stereocenters. The quantitative estimate of drug-likeness (QED) is 0.654. The third-order valence-corrected chi connectivity index (χ3v) is 1.81. The zero-order valence-corrected chi connectivity index (χ0v) is 8.18. The van der Waals surface area contributed by atoms with Crippen molar-refractivity contribution in [2.45, 2.75) is 45.8 Å². The van der Waals surface area contributed by atoms with Gasteiger partial charge in [0, 0.05) is 6.04 Å². The molecule has 1 fully saturated rings. The molecule has 0 unspecified atom stereocenters. The summed E-state index contributed by atoms with van der Waals surface area (Å²) in [6, 6.07) is 0.347. The van der Waals surface area contributed by atoms with Crippen molar-refractivity contribution in [2.24, 2.45) is 5.92 Å². The summed E-state index contributed by atoms with van der Waals surface area (Å²) in [4.78, 5) is 11.1. The zero-order chi connectivity index (χ0) is 9.35. The molecule has 0 aromatic heterocycles. The molecule has 0 spiro atoms. The number of alkyl carbamates (subject to hydrolysis) is 1. The van der Waals surface area contributed by atoms with Gasteiger partial charge in [-0.3, -0.25) is 0 Å². The van der Waals surface area contributed by atoms with E-state index in [-0.39, 0.29) is 11.7 Å². The van der Waals surface area contributed by atoms with E-state index < -0.39 is 0 Å². The highest BCUT2D eigenvalue weighted by Crippen LogP contribution is 2.29. The van der Waals surface area contributed by atoms with Crippen LogP contribution in [-0.2, 0) is 4.74 Å². The molecular weight excluding hydrogens is 154 g/mol. The fourth-order valence-electron chi connectivity index (χ4n) is 0.982. The highest BCUT2D eigenvalue weighted by molar-refractivity contribution is 5.68. The van der Waals surface area contributed by atoms with Crippen LogP contribution in [0.1, 0.15) is 34.1 Å². The number of nitrogens with one attached hydrogen (secondary N) is 1.